The Morgan fingerprint density at radius 1 is 0.917 bits per heavy atom. The van der Waals surface area contributed by atoms with E-state index in [9.17, 15) is 0 Å². The fraction of sp³-hybridized carbons (Fsp3) is 0.0556. The molecule has 0 spiro atoms. The minimum absolute atomic E-state index is 0.703. The lowest BCUT2D eigenvalue weighted by Gasteiger charge is -2.07. The molecule has 0 unspecified atom stereocenters. The summed E-state index contributed by atoms with van der Waals surface area (Å²) in [6.45, 7) is 0.728. The Balaban J connectivity index is 1.67. The largest absolute Gasteiger partial charge is 0.338 e. The lowest BCUT2D eigenvalue weighted by Crippen LogP contribution is -2.00. The van der Waals surface area contributed by atoms with Crippen molar-refractivity contribution in [3.63, 3.8) is 0 Å². The summed E-state index contributed by atoms with van der Waals surface area (Å²) < 4.78 is 3.06. The Bertz CT molecular complexity index is 964. The third-order valence-electron chi connectivity index (χ3n) is 3.70. The molecule has 5 nitrogen and oxygen atoms in total. The Hall–Kier alpha value is -2.73. The van der Waals surface area contributed by atoms with Crippen LogP contribution in [-0.4, -0.2) is 19.5 Å². The second-order valence-electron chi connectivity index (χ2n) is 5.38. The first kappa shape index (κ1) is 14.8. The molecule has 0 fully saturated rings. The van der Waals surface area contributed by atoms with Gasteiger partial charge in [-0.1, -0.05) is 46.3 Å². The molecular formula is C18H14BrN5. The summed E-state index contributed by atoms with van der Waals surface area (Å²) in [5.74, 6) is 0.703. The van der Waals surface area contributed by atoms with Gasteiger partial charge in [-0.2, -0.15) is 0 Å². The van der Waals surface area contributed by atoms with Crippen LogP contribution in [0.15, 0.2) is 71.7 Å². The number of fused-ring (bicyclic) bond motifs is 1. The van der Waals surface area contributed by atoms with E-state index in [4.69, 9.17) is 0 Å². The number of nitrogens with one attached hydrogen (secondary N) is 1. The number of halogens is 1. The first-order valence-electron chi connectivity index (χ1n) is 7.52. The maximum absolute atomic E-state index is 4.49. The maximum atomic E-state index is 4.49. The minimum Gasteiger partial charge on any atom is -0.338 e. The fourth-order valence-electron chi connectivity index (χ4n) is 2.54. The van der Waals surface area contributed by atoms with Crippen LogP contribution in [0.1, 0.15) is 5.56 Å². The highest BCUT2D eigenvalue weighted by Gasteiger charge is 2.10. The third kappa shape index (κ3) is 3.00. The van der Waals surface area contributed by atoms with Gasteiger partial charge < -0.3 is 9.88 Å². The average molecular weight is 380 g/mol. The van der Waals surface area contributed by atoms with Crippen molar-refractivity contribution in [2.24, 2.45) is 0 Å². The number of imidazole rings is 1. The standard InChI is InChI=1S/C18H14BrN5/c19-14-6-8-15(9-7-14)23-17-16-18(21-11-20-17)24(12-22-16)10-13-4-2-1-3-5-13/h1-9,11-12H,10H2,(H,20,21,23). The van der Waals surface area contributed by atoms with Gasteiger partial charge in [0.1, 0.15) is 6.33 Å². The van der Waals surface area contributed by atoms with Gasteiger partial charge in [0.05, 0.1) is 12.9 Å². The number of aromatic nitrogens is 4. The van der Waals surface area contributed by atoms with Crippen LogP contribution < -0.4 is 5.32 Å². The van der Waals surface area contributed by atoms with E-state index in [0.29, 0.717) is 5.82 Å². The summed E-state index contributed by atoms with van der Waals surface area (Å²) in [5, 5.41) is 3.30. The van der Waals surface area contributed by atoms with Gasteiger partial charge in [0, 0.05) is 10.2 Å². The Morgan fingerprint density at radius 2 is 1.71 bits per heavy atom. The van der Waals surface area contributed by atoms with Crippen molar-refractivity contribution in [1.82, 2.24) is 19.5 Å². The van der Waals surface area contributed by atoms with Crippen LogP contribution in [0.25, 0.3) is 11.2 Å². The second-order valence-corrected chi connectivity index (χ2v) is 6.30. The highest BCUT2D eigenvalue weighted by atomic mass is 79.9. The molecule has 118 valence electrons. The van der Waals surface area contributed by atoms with Gasteiger partial charge in [-0.3, -0.25) is 0 Å². The van der Waals surface area contributed by atoms with Crippen LogP contribution in [0.4, 0.5) is 11.5 Å². The number of anilines is 2. The summed E-state index contributed by atoms with van der Waals surface area (Å²) >= 11 is 3.44. The quantitative estimate of drug-likeness (QED) is 0.571. The van der Waals surface area contributed by atoms with E-state index in [1.807, 2.05) is 47.0 Å². The molecule has 2 heterocycles. The van der Waals surface area contributed by atoms with E-state index in [2.05, 4.69) is 48.3 Å². The third-order valence-corrected chi connectivity index (χ3v) is 4.23. The van der Waals surface area contributed by atoms with Crippen LogP contribution in [0.2, 0.25) is 0 Å². The summed E-state index contributed by atoms with van der Waals surface area (Å²) in [6.07, 6.45) is 3.37. The van der Waals surface area contributed by atoms with Crippen molar-refractivity contribution in [3.05, 3.63) is 77.3 Å². The van der Waals surface area contributed by atoms with Gasteiger partial charge in [0.2, 0.25) is 0 Å². The Labute approximate surface area is 147 Å². The maximum Gasteiger partial charge on any atom is 0.165 e. The molecule has 0 atom stereocenters. The van der Waals surface area contributed by atoms with Gasteiger partial charge >= 0.3 is 0 Å². The van der Waals surface area contributed by atoms with Crippen LogP contribution >= 0.6 is 15.9 Å². The summed E-state index contributed by atoms with van der Waals surface area (Å²) in [4.78, 5) is 13.2. The van der Waals surface area contributed by atoms with Gasteiger partial charge in [-0.05, 0) is 29.8 Å². The molecule has 0 aliphatic heterocycles. The molecule has 6 heteroatoms. The van der Waals surface area contributed by atoms with E-state index in [-0.39, 0.29) is 0 Å². The molecule has 0 aliphatic carbocycles. The molecule has 2 aromatic heterocycles. The van der Waals surface area contributed by atoms with Crippen LogP contribution in [0, 0.1) is 0 Å². The summed E-state index contributed by atoms with van der Waals surface area (Å²) in [6, 6.07) is 18.2. The Kier molecular flexibility index (Phi) is 3.96. The lowest BCUT2D eigenvalue weighted by molar-refractivity contribution is 0.813. The topological polar surface area (TPSA) is 55.6 Å². The lowest BCUT2D eigenvalue weighted by atomic mass is 10.2. The first-order chi connectivity index (χ1) is 11.8. The SMILES string of the molecule is Brc1ccc(Nc2ncnc3c2ncn3Cc2ccccc2)cc1. The summed E-state index contributed by atoms with van der Waals surface area (Å²) in [7, 11) is 0. The van der Waals surface area contributed by atoms with Gasteiger partial charge in [0.15, 0.2) is 17.0 Å². The predicted octanol–water partition coefficient (Wildman–Crippen LogP) is 4.38. The predicted molar refractivity (Wildman–Crippen MR) is 98.3 cm³/mol. The zero-order valence-corrected chi connectivity index (χ0v) is 14.3. The number of benzene rings is 2. The molecule has 0 amide bonds. The molecule has 0 aliphatic rings. The van der Waals surface area contributed by atoms with E-state index in [0.717, 1.165) is 27.9 Å². The molecule has 0 bridgehead atoms. The van der Waals surface area contributed by atoms with Crippen LogP contribution in [0.3, 0.4) is 0 Å². The molecule has 0 saturated heterocycles. The molecule has 4 aromatic rings. The molecule has 1 N–H and O–H groups in total. The van der Waals surface area contributed by atoms with E-state index in [1.165, 1.54) is 5.56 Å². The normalized spacial score (nSPS) is 10.9. The van der Waals surface area contributed by atoms with Crippen molar-refractivity contribution in [1.29, 1.82) is 0 Å². The zero-order chi connectivity index (χ0) is 16.4. The molecule has 2 aromatic carbocycles. The minimum atomic E-state index is 0.703. The van der Waals surface area contributed by atoms with Crippen molar-refractivity contribution in [2.75, 3.05) is 5.32 Å². The number of hydrogen-bond acceptors (Lipinski definition) is 4. The van der Waals surface area contributed by atoms with Gasteiger partial charge in [-0.25, -0.2) is 15.0 Å². The average Bonchev–Trinajstić information content (AvgIpc) is 3.02. The monoisotopic (exact) mass is 379 g/mol. The van der Waals surface area contributed by atoms with E-state index >= 15 is 0 Å². The molecule has 0 saturated carbocycles. The molecular weight excluding hydrogens is 366 g/mol. The van der Waals surface area contributed by atoms with Crippen LogP contribution in [-0.2, 0) is 6.54 Å². The molecule has 4 rings (SSSR count). The summed E-state index contributed by atoms with van der Waals surface area (Å²) in [5.41, 5.74) is 3.73. The second kappa shape index (κ2) is 6.41. The highest BCUT2D eigenvalue weighted by Crippen LogP contribution is 2.23. The van der Waals surface area contributed by atoms with Crippen molar-refractivity contribution >= 4 is 38.6 Å². The van der Waals surface area contributed by atoms with E-state index in [1.54, 1.807) is 12.7 Å². The van der Waals surface area contributed by atoms with Crippen molar-refractivity contribution in [3.8, 4) is 0 Å². The molecule has 24 heavy (non-hydrogen) atoms. The Morgan fingerprint density at radius 3 is 2.50 bits per heavy atom. The smallest absolute Gasteiger partial charge is 0.165 e. The zero-order valence-electron chi connectivity index (χ0n) is 12.7. The van der Waals surface area contributed by atoms with Crippen molar-refractivity contribution in [2.45, 2.75) is 6.54 Å². The highest BCUT2D eigenvalue weighted by molar-refractivity contribution is 9.10. The fourth-order valence-corrected chi connectivity index (χ4v) is 2.80. The van der Waals surface area contributed by atoms with E-state index < -0.39 is 0 Å². The van der Waals surface area contributed by atoms with Gasteiger partial charge in [0.25, 0.3) is 0 Å². The number of rotatable bonds is 4. The van der Waals surface area contributed by atoms with Crippen molar-refractivity contribution < 1.29 is 0 Å². The number of nitrogens with zero attached hydrogens (tertiary/aromatic N) is 4. The number of hydrogen-bond donors (Lipinski definition) is 1. The first-order valence-corrected chi connectivity index (χ1v) is 8.31. The van der Waals surface area contributed by atoms with Gasteiger partial charge in [-0.15, -0.1) is 0 Å². The van der Waals surface area contributed by atoms with Crippen LogP contribution in [0.5, 0.6) is 0 Å². The molecule has 0 radical (unpaired) electrons.